The van der Waals surface area contributed by atoms with Crippen LogP contribution in [0.5, 0.6) is 0 Å². The average Bonchev–Trinajstić information content (AvgIpc) is 3.31. The van der Waals surface area contributed by atoms with Crippen LogP contribution in [0.2, 0.25) is 0 Å². The molecule has 0 spiro atoms. The normalized spacial score (nSPS) is 18.7. The summed E-state index contributed by atoms with van der Waals surface area (Å²) in [4.78, 5) is 29.0. The van der Waals surface area contributed by atoms with Gasteiger partial charge in [-0.05, 0) is 31.9 Å². The quantitative estimate of drug-likeness (QED) is 0.869. The van der Waals surface area contributed by atoms with E-state index in [1.165, 1.54) is 29.5 Å². The molecule has 0 aliphatic carbocycles. The topological polar surface area (TPSA) is 72.7 Å². The molecule has 0 radical (unpaired) electrons. The van der Waals surface area contributed by atoms with Gasteiger partial charge in [-0.2, -0.15) is 4.99 Å². The monoisotopic (exact) mass is 377 g/mol. The Hall–Kier alpha value is -2.32. The number of hydrogen-bond acceptors (Lipinski definition) is 4. The van der Waals surface area contributed by atoms with Gasteiger partial charge in [-0.1, -0.05) is 12.1 Å². The van der Waals surface area contributed by atoms with E-state index in [1.807, 2.05) is 0 Å². The Morgan fingerprint density at radius 1 is 1.46 bits per heavy atom. The second-order valence-electron chi connectivity index (χ2n) is 6.05. The molecule has 26 heavy (non-hydrogen) atoms. The number of carbonyl (C=O) groups is 2. The number of nitrogens with zero attached hydrogens (tertiary/aromatic N) is 2. The lowest BCUT2D eigenvalue weighted by Crippen LogP contribution is -2.38. The van der Waals surface area contributed by atoms with Crippen LogP contribution in [0.25, 0.3) is 0 Å². The zero-order valence-electron chi connectivity index (χ0n) is 14.4. The first-order valence-corrected chi connectivity index (χ1v) is 9.33. The Bertz CT molecular complexity index is 855. The molecule has 2 atom stereocenters. The van der Waals surface area contributed by atoms with Gasteiger partial charge in [-0.25, -0.2) is 4.39 Å². The fraction of sp³-hybridized carbons (Fsp3) is 0.389. The molecule has 1 saturated heterocycles. The number of benzene rings is 1. The van der Waals surface area contributed by atoms with E-state index in [1.54, 1.807) is 29.1 Å². The van der Waals surface area contributed by atoms with E-state index in [9.17, 15) is 14.0 Å². The Kier molecular flexibility index (Phi) is 5.95. The predicted molar refractivity (Wildman–Crippen MR) is 95.3 cm³/mol. The third-order valence-electron chi connectivity index (χ3n) is 4.24. The van der Waals surface area contributed by atoms with Crippen LogP contribution in [0.4, 0.5) is 4.39 Å². The molecule has 2 heterocycles. The van der Waals surface area contributed by atoms with Crippen molar-refractivity contribution < 1.29 is 18.7 Å². The van der Waals surface area contributed by atoms with Gasteiger partial charge in [0.15, 0.2) is 4.80 Å². The van der Waals surface area contributed by atoms with E-state index in [4.69, 9.17) is 4.74 Å². The van der Waals surface area contributed by atoms with Gasteiger partial charge in [0.1, 0.15) is 11.9 Å². The van der Waals surface area contributed by atoms with Crippen molar-refractivity contribution >= 4 is 23.2 Å². The van der Waals surface area contributed by atoms with Crippen molar-refractivity contribution in [3.8, 4) is 0 Å². The summed E-state index contributed by atoms with van der Waals surface area (Å²) in [6, 6.07) is 5.14. The molecule has 8 heteroatoms. The molecule has 0 saturated carbocycles. The predicted octanol–water partition coefficient (Wildman–Crippen LogP) is 2.29. The van der Waals surface area contributed by atoms with Crippen molar-refractivity contribution in [1.29, 1.82) is 0 Å². The van der Waals surface area contributed by atoms with E-state index in [2.05, 4.69) is 10.3 Å². The van der Waals surface area contributed by atoms with E-state index in [-0.39, 0.29) is 17.6 Å². The zero-order valence-corrected chi connectivity index (χ0v) is 15.2. The summed E-state index contributed by atoms with van der Waals surface area (Å²) < 4.78 is 20.8. The van der Waals surface area contributed by atoms with Crippen LogP contribution in [0, 0.1) is 5.82 Å². The molecule has 1 aliphatic rings. The molecule has 6 nitrogen and oxygen atoms in total. The molecule has 1 aromatic carbocycles. The van der Waals surface area contributed by atoms with Gasteiger partial charge >= 0.3 is 0 Å². The van der Waals surface area contributed by atoms with Crippen LogP contribution < -0.4 is 10.1 Å². The SMILES string of the molecule is C[C@H](C(=O)NC[C@@H]1CCCO1)n1ccsc1=NC(=O)c1ccccc1F. The van der Waals surface area contributed by atoms with Crippen molar-refractivity contribution in [2.45, 2.75) is 31.9 Å². The maximum atomic E-state index is 13.7. The van der Waals surface area contributed by atoms with E-state index in [0.717, 1.165) is 19.4 Å². The number of halogens is 1. The summed E-state index contributed by atoms with van der Waals surface area (Å²) in [6.07, 6.45) is 3.70. The summed E-state index contributed by atoms with van der Waals surface area (Å²) in [5.74, 6) is -1.48. The lowest BCUT2D eigenvalue weighted by Gasteiger charge is -2.16. The molecule has 2 amide bonds. The number of amides is 2. The minimum Gasteiger partial charge on any atom is -0.376 e. The minimum atomic E-state index is -0.675. The van der Waals surface area contributed by atoms with Crippen molar-refractivity contribution in [2.24, 2.45) is 4.99 Å². The van der Waals surface area contributed by atoms with Crippen LogP contribution in [0.15, 0.2) is 40.8 Å². The van der Waals surface area contributed by atoms with Gasteiger partial charge in [0.05, 0.1) is 11.7 Å². The van der Waals surface area contributed by atoms with E-state index < -0.39 is 17.8 Å². The summed E-state index contributed by atoms with van der Waals surface area (Å²) in [6.45, 7) is 2.93. The summed E-state index contributed by atoms with van der Waals surface area (Å²) in [5, 5.41) is 4.60. The summed E-state index contributed by atoms with van der Waals surface area (Å²) in [7, 11) is 0. The second kappa shape index (κ2) is 8.37. The van der Waals surface area contributed by atoms with Gasteiger partial charge in [0.2, 0.25) is 5.91 Å². The van der Waals surface area contributed by atoms with Gasteiger partial charge < -0.3 is 14.6 Å². The Balaban J connectivity index is 1.73. The molecule has 1 aromatic heterocycles. The fourth-order valence-corrected chi connectivity index (χ4v) is 3.53. The number of ether oxygens (including phenoxy) is 1. The fourth-order valence-electron chi connectivity index (χ4n) is 2.74. The lowest BCUT2D eigenvalue weighted by atomic mass is 10.2. The molecular weight excluding hydrogens is 357 g/mol. The third-order valence-corrected chi connectivity index (χ3v) is 5.01. The Labute approximate surface area is 154 Å². The number of aromatic nitrogens is 1. The zero-order chi connectivity index (χ0) is 18.5. The molecular formula is C18H20FN3O3S. The highest BCUT2D eigenvalue weighted by molar-refractivity contribution is 7.07. The van der Waals surface area contributed by atoms with Gasteiger partial charge in [-0.15, -0.1) is 11.3 Å². The third kappa shape index (κ3) is 4.25. The Morgan fingerprint density at radius 2 is 2.27 bits per heavy atom. The van der Waals surface area contributed by atoms with E-state index >= 15 is 0 Å². The lowest BCUT2D eigenvalue weighted by molar-refractivity contribution is -0.124. The number of carbonyl (C=O) groups excluding carboxylic acids is 2. The first-order chi connectivity index (χ1) is 12.6. The maximum Gasteiger partial charge on any atom is 0.282 e. The van der Waals surface area contributed by atoms with E-state index in [0.29, 0.717) is 11.3 Å². The van der Waals surface area contributed by atoms with Crippen molar-refractivity contribution in [1.82, 2.24) is 9.88 Å². The standard InChI is InChI=1S/C18H20FN3O3S/c1-12(16(23)20-11-13-5-4-9-25-13)22-8-10-26-18(22)21-17(24)14-6-2-3-7-15(14)19/h2-3,6-8,10,12-13H,4-5,9,11H2,1H3,(H,20,23)/t12-,13+/m1/s1. The number of rotatable bonds is 5. The molecule has 0 bridgehead atoms. The molecule has 3 rings (SSSR count). The van der Waals surface area contributed by atoms with Crippen LogP contribution in [-0.2, 0) is 9.53 Å². The van der Waals surface area contributed by atoms with Crippen LogP contribution in [-0.4, -0.2) is 35.6 Å². The number of nitrogens with one attached hydrogen (secondary N) is 1. The highest BCUT2D eigenvalue weighted by atomic mass is 32.1. The summed E-state index contributed by atoms with van der Waals surface area (Å²) in [5.41, 5.74) is -0.0945. The molecule has 2 aromatic rings. The maximum absolute atomic E-state index is 13.7. The Morgan fingerprint density at radius 3 is 3.00 bits per heavy atom. The highest BCUT2D eigenvalue weighted by Crippen LogP contribution is 2.12. The average molecular weight is 377 g/mol. The molecule has 1 aliphatic heterocycles. The second-order valence-corrected chi connectivity index (χ2v) is 6.92. The van der Waals surface area contributed by atoms with Crippen LogP contribution >= 0.6 is 11.3 Å². The molecule has 1 fully saturated rings. The van der Waals surface area contributed by atoms with Crippen molar-refractivity contribution in [3.63, 3.8) is 0 Å². The molecule has 138 valence electrons. The van der Waals surface area contributed by atoms with Gasteiger partial charge in [-0.3, -0.25) is 9.59 Å². The smallest absolute Gasteiger partial charge is 0.282 e. The first kappa shape index (κ1) is 18.5. The van der Waals surface area contributed by atoms with Crippen LogP contribution in [0.1, 0.15) is 36.2 Å². The summed E-state index contributed by atoms with van der Waals surface area (Å²) >= 11 is 1.22. The largest absolute Gasteiger partial charge is 0.376 e. The highest BCUT2D eigenvalue weighted by Gasteiger charge is 2.20. The van der Waals surface area contributed by atoms with Crippen LogP contribution in [0.3, 0.4) is 0 Å². The van der Waals surface area contributed by atoms with Crippen molar-refractivity contribution in [2.75, 3.05) is 13.2 Å². The molecule has 0 unspecified atom stereocenters. The molecule has 1 N–H and O–H groups in total. The number of thiazole rings is 1. The number of hydrogen-bond donors (Lipinski definition) is 1. The minimum absolute atomic E-state index is 0.0606. The first-order valence-electron chi connectivity index (χ1n) is 8.45. The van der Waals surface area contributed by atoms with Crippen molar-refractivity contribution in [3.05, 3.63) is 52.0 Å². The van der Waals surface area contributed by atoms with Gasteiger partial charge in [0.25, 0.3) is 5.91 Å². The van der Waals surface area contributed by atoms with Gasteiger partial charge in [0, 0.05) is 24.7 Å².